The van der Waals surface area contributed by atoms with Gasteiger partial charge in [0, 0.05) is 22.1 Å². The van der Waals surface area contributed by atoms with Crippen LogP contribution in [0.1, 0.15) is 33.6 Å². The summed E-state index contributed by atoms with van der Waals surface area (Å²) in [5.41, 5.74) is 0.277. The summed E-state index contributed by atoms with van der Waals surface area (Å²) in [6.45, 7) is 6.17. The molecule has 7 heteroatoms. The van der Waals surface area contributed by atoms with Crippen LogP contribution in [0.2, 0.25) is 0 Å². The van der Waals surface area contributed by atoms with Crippen LogP contribution in [-0.4, -0.2) is 10.5 Å². The minimum absolute atomic E-state index is 0.0374. The lowest BCUT2D eigenvalue weighted by molar-refractivity contribution is -0.384. The predicted octanol–water partition coefficient (Wildman–Crippen LogP) is 6.90. The predicted molar refractivity (Wildman–Crippen MR) is 108 cm³/mol. The zero-order valence-corrected chi connectivity index (χ0v) is 17.5. The van der Waals surface area contributed by atoms with Crippen LogP contribution in [0.25, 0.3) is 0 Å². The SMILES string of the molecule is CCC(C)(CC)Nc1cc(Oc2ccc(Br)cc2Br)ccc1[N+](=O)[O-]. The molecule has 0 spiro atoms. The number of benzene rings is 2. The molecule has 0 fully saturated rings. The molecule has 0 heterocycles. The minimum atomic E-state index is -0.382. The summed E-state index contributed by atoms with van der Waals surface area (Å²) in [6.07, 6.45) is 1.70. The van der Waals surface area contributed by atoms with E-state index in [0.29, 0.717) is 17.2 Å². The van der Waals surface area contributed by atoms with Crippen molar-refractivity contribution in [2.75, 3.05) is 5.32 Å². The molecule has 0 amide bonds. The average molecular weight is 472 g/mol. The zero-order chi connectivity index (χ0) is 18.6. The smallest absolute Gasteiger partial charge is 0.292 e. The maximum absolute atomic E-state index is 11.4. The maximum Gasteiger partial charge on any atom is 0.292 e. The summed E-state index contributed by atoms with van der Waals surface area (Å²) in [6, 6.07) is 10.3. The molecule has 0 aliphatic rings. The van der Waals surface area contributed by atoms with Gasteiger partial charge in [0.15, 0.2) is 0 Å². The van der Waals surface area contributed by atoms with E-state index in [2.05, 4.69) is 57.9 Å². The van der Waals surface area contributed by atoms with Crippen LogP contribution < -0.4 is 10.1 Å². The lowest BCUT2D eigenvalue weighted by Crippen LogP contribution is -2.33. The van der Waals surface area contributed by atoms with Gasteiger partial charge in [0.2, 0.25) is 0 Å². The Morgan fingerprint density at radius 3 is 2.40 bits per heavy atom. The fraction of sp³-hybridized carbons (Fsp3) is 0.333. The molecule has 2 aromatic carbocycles. The highest BCUT2D eigenvalue weighted by Gasteiger charge is 2.24. The van der Waals surface area contributed by atoms with Crippen LogP contribution in [0.3, 0.4) is 0 Å². The van der Waals surface area contributed by atoms with Gasteiger partial charge in [0.1, 0.15) is 17.2 Å². The van der Waals surface area contributed by atoms with Gasteiger partial charge >= 0.3 is 0 Å². The summed E-state index contributed by atoms with van der Waals surface area (Å²) in [7, 11) is 0. The van der Waals surface area contributed by atoms with Crippen molar-refractivity contribution in [1.29, 1.82) is 0 Å². The van der Waals surface area contributed by atoms with E-state index >= 15 is 0 Å². The molecule has 2 aromatic rings. The second-order valence-corrected chi connectivity index (χ2v) is 7.78. The number of hydrogen-bond donors (Lipinski definition) is 1. The van der Waals surface area contributed by atoms with E-state index < -0.39 is 0 Å². The highest BCUT2D eigenvalue weighted by molar-refractivity contribution is 9.11. The molecule has 0 saturated carbocycles. The van der Waals surface area contributed by atoms with Crippen LogP contribution in [0.4, 0.5) is 11.4 Å². The fourth-order valence-corrected chi connectivity index (χ4v) is 3.40. The second kappa shape index (κ2) is 8.19. The maximum atomic E-state index is 11.4. The third kappa shape index (κ3) is 4.95. The number of hydrogen-bond acceptors (Lipinski definition) is 4. The van der Waals surface area contributed by atoms with E-state index in [4.69, 9.17) is 4.74 Å². The summed E-state index contributed by atoms with van der Waals surface area (Å²) in [5, 5.41) is 14.7. The Hall–Kier alpha value is -1.60. The molecule has 0 radical (unpaired) electrons. The molecule has 0 saturated heterocycles. The lowest BCUT2D eigenvalue weighted by atomic mass is 9.95. The number of anilines is 1. The molecule has 0 bridgehead atoms. The van der Waals surface area contributed by atoms with Crippen molar-refractivity contribution in [2.45, 2.75) is 39.2 Å². The summed E-state index contributed by atoms with van der Waals surface area (Å²) < 4.78 is 7.61. The van der Waals surface area contributed by atoms with Crippen molar-refractivity contribution in [2.24, 2.45) is 0 Å². The number of nitrogens with one attached hydrogen (secondary N) is 1. The number of nitro groups is 1. The monoisotopic (exact) mass is 470 g/mol. The third-order valence-electron chi connectivity index (χ3n) is 4.28. The van der Waals surface area contributed by atoms with Gasteiger partial charge in [0.05, 0.1) is 9.40 Å². The fourth-order valence-electron chi connectivity index (χ4n) is 2.27. The Kier molecular flexibility index (Phi) is 6.46. The molecular formula is C18H20Br2N2O3. The number of halogens is 2. The first-order valence-electron chi connectivity index (χ1n) is 7.97. The molecule has 1 N–H and O–H groups in total. The number of rotatable bonds is 7. The summed E-state index contributed by atoms with van der Waals surface area (Å²) in [4.78, 5) is 11.0. The van der Waals surface area contributed by atoms with E-state index in [0.717, 1.165) is 21.8 Å². The quantitative estimate of drug-likeness (QED) is 0.352. The number of ether oxygens (including phenoxy) is 1. The molecule has 0 aliphatic heterocycles. The molecule has 25 heavy (non-hydrogen) atoms. The lowest BCUT2D eigenvalue weighted by Gasteiger charge is -2.29. The Bertz CT molecular complexity index is 777. The van der Waals surface area contributed by atoms with E-state index in [1.807, 2.05) is 18.2 Å². The van der Waals surface area contributed by atoms with Crippen molar-refractivity contribution in [3.8, 4) is 11.5 Å². The normalized spacial score (nSPS) is 11.2. The van der Waals surface area contributed by atoms with Gasteiger partial charge in [0.25, 0.3) is 5.69 Å². The Balaban J connectivity index is 2.37. The van der Waals surface area contributed by atoms with Crippen molar-refractivity contribution in [3.05, 3.63) is 55.5 Å². The van der Waals surface area contributed by atoms with Gasteiger partial charge in [-0.2, -0.15) is 0 Å². The van der Waals surface area contributed by atoms with Gasteiger partial charge in [-0.05, 0) is 60.0 Å². The molecule has 0 unspecified atom stereocenters. The Morgan fingerprint density at radius 2 is 1.84 bits per heavy atom. The molecule has 2 rings (SSSR count). The number of nitrogens with zero attached hydrogens (tertiary/aromatic N) is 1. The van der Waals surface area contributed by atoms with E-state index in [1.54, 1.807) is 12.1 Å². The molecule has 5 nitrogen and oxygen atoms in total. The third-order valence-corrected chi connectivity index (χ3v) is 5.40. The number of nitro benzene ring substituents is 1. The highest BCUT2D eigenvalue weighted by Crippen LogP contribution is 2.37. The van der Waals surface area contributed by atoms with Crippen molar-refractivity contribution in [3.63, 3.8) is 0 Å². The van der Waals surface area contributed by atoms with Crippen LogP contribution in [0, 0.1) is 10.1 Å². The van der Waals surface area contributed by atoms with Gasteiger partial charge in [-0.3, -0.25) is 10.1 Å². The largest absolute Gasteiger partial charge is 0.456 e. The van der Waals surface area contributed by atoms with Crippen LogP contribution >= 0.6 is 31.9 Å². The molecule has 134 valence electrons. The van der Waals surface area contributed by atoms with Crippen molar-refractivity contribution >= 4 is 43.2 Å². The first kappa shape index (κ1) is 19.7. The molecule has 0 aliphatic carbocycles. The first-order chi connectivity index (χ1) is 11.8. The summed E-state index contributed by atoms with van der Waals surface area (Å²) >= 11 is 6.85. The topological polar surface area (TPSA) is 64.4 Å². The van der Waals surface area contributed by atoms with Gasteiger partial charge < -0.3 is 10.1 Å². The van der Waals surface area contributed by atoms with Gasteiger partial charge in [-0.25, -0.2) is 0 Å². The average Bonchev–Trinajstić information content (AvgIpc) is 2.57. The zero-order valence-electron chi connectivity index (χ0n) is 14.3. The van der Waals surface area contributed by atoms with Gasteiger partial charge in [-0.15, -0.1) is 0 Å². The van der Waals surface area contributed by atoms with Crippen LogP contribution in [0.5, 0.6) is 11.5 Å². The Labute approximate surface area is 164 Å². The first-order valence-corrected chi connectivity index (χ1v) is 9.56. The molecule has 0 aromatic heterocycles. The summed E-state index contributed by atoms with van der Waals surface area (Å²) in [5.74, 6) is 1.17. The van der Waals surface area contributed by atoms with E-state index in [9.17, 15) is 10.1 Å². The van der Waals surface area contributed by atoms with Crippen LogP contribution in [0.15, 0.2) is 45.3 Å². The van der Waals surface area contributed by atoms with E-state index in [1.165, 1.54) is 6.07 Å². The second-order valence-electron chi connectivity index (χ2n) is 6.01. The minimum Gasteiger partial charge on any atom is -0.456 e. The molecule has 0 atom stereocenters. The van der Waals surface area contributed by atoms with Crippen molar-refractivity contribution in [1.82, 2.24) is 0 Å². The highest BCUT2D eigenvalue weighted by atomic mass is 79.9. The molecular weight excluding hydrogens is 452 g/mol. The standard InChI is InChI=1S/C18H20Br2N2O3/c1-4-18(3,5-2)21-15-11-13(7-8-16(15)22(23)24)25-17-9-6-12(19)10-14(17)20/h6-11,21H,4-5H2,1-3H3. The van der Waals surface area contributed by atoms with Crippen molar-refractivity contribution < 1.29 is 9.66 Å². The van der Waals surface area contributed by atoms with Gasteiger partial charge in [-0.1, -0.05) is 29.8 Å². The van der Waals surface area contributed by atoms with E-state index in [-0.39, 0.29) is 16.1 Å². The Morgan fingerprint density at radius 1 is 1.16 bits per heavy atom. The van der Waals surface area contributed by atoms with Crippen LogP contribution in [-0.2, 0) is 0 Å².